The molecule has 2 aromatic rings. The van der Waals surface area contributed by atoms with Crippen LogP contribution in [-0.4, -0.2) is 17.4 Å². The number of anilines is 1. The van der Waals surface area contributed by atoms with E-state index in [1.807, 2.05) is 29.7 Å². The third-order valence-electron chi connectivity index (χ3n) is 4.03. The van der Waals surface area contributed by atoms with Crippen molar-refractivity contribution in [3.8, 4) is 0 Å². The first kappa shape index (κ1) is 16.0. The zero-order valence-corrected chi connectivity index (χ0v) is 14.2. The highest BCUT2D eigenvalue weighted by atomic mass is 32.1. The number of benzene rings is 1. The van der Waals surface area contributed by atoms with Gasteiger partial charge >= 0.3 is 0 Å². The number of nitrogens with zero attached hydrogens (tertiary/aromatic N) is 1. The molecule has 1 aromatic heterocycles. The second-order valence-electron chi connectivity index (χ2n) is 5.89. The first-order valence-corrected chi connectivity index (χ1v) is 8.99. The number of rotatable bonds is 6. The zero-order chi connectivity index (χ0) is 16.1. The predicted molar refractivity (Wildman–Crippen MR) is 97.4 cm³/mol. The Morgan fingerprint density at radius 2 is 2.17 bits per heavy atom. The van der Waals surface area contributed by atoms with Crippen molar-refractivity contribution < 1.29 is 4.79 Å². The number of amides is 1. The number of carbonyl (C=O) groups excluding carboxylic acids is 1. The van der Waals surface area contributed by atoms with Crippen molar-refractivity contribution in [2.24, 2.45) is 0 Å². The molecule has 2 heterocycles. The fourth-order valence-corrected chi connectivity index (χ4v) is 3.43. The van der Waals surface area contributed by atoms with Gasteiger partial charge in [0.15, 0.2) is 0 Å². The molecule has 0 aliphatic carbocycles. The van der Waals surface area contributed by atoms with Crippen molar-refractivity contribution in [3.63, 3.8) is 0 Å². The Bertz CT molecular complexity index is 691. The molecule has 0 unspecified atom stereocenters. The van der Waals surface area contributed by atoms with Crippen LogP contribution in [0.3, 0.4) is 0 Å². The number of thiophene rings is 1. The lowest BCUT2D eigenvalue weighted by Crippen LogP contribution is -2.17. The van der Waals surface area contributed by atoms with Gasteiger partial charge in [-0.3, -0.25) is 9.69 Å². The van der Waals surface area contributed by atoms with Crippen molar-refractivity contribution in [1.82, 2.24) is 4.90 Å². The van der Waals surface area contributed by atoms with Crippen LogP contribution in [0.1, 0.15) is 35.8 Å². The first-order valence-electron chi connectivity index (χ1n) is 8.11. The molecule has 0 saturated heterocycles. The van der Waals surface area contributed by atoms with Crippen LogP contribution in [0.5, 0.6) is 0 Å². The molecule has 0 spiro atoms. The Hall–Kier alpha value is -1.91. The largest absolute Gasteiger partial charge is 0.323 e. The summed E-state index contributed by atoms with van der Waals surface area (Å²) in [6.07, 6.45) is 5.91. The van der Waals surface area contributed by atoms with Crippen molar-refractivity contribution >= 4 is 29.0 Å². The number of fused-ring (bicyclic) bond motifs is 1. The standard InChI is InChI=1S/C19H22N2OS/c1-2-3-10-21-13-15-6-7-17(12-16(15)14-21)20-19(22)9-8-18-5-4-11-23-18/h4-9,11-12H,2-3,10,13-14H2,1H3,(H,20,22). The maximum Gasteiger partial charge on any atom is 0.248 e. The summed E-state index contributed by atoms with van der Waals surface area (Å²) in [4.78, 5) is 15.6. The number of carbonyl (C=O) groups is 1. The highest BCUT2D eigenvalue weighted by Crippen LogP contribution is 2.26. The quantitative estimate of drug-likeness (QED) is 0.792. The Morgan fingerprint density at radius 1 is 1.30 bits per heavy atom. The molecule has 0 atom stereocenters. The molecule has 3 rings (SSSR count). The molecule has 120 valence electrons. The summed E-state index contributed by atoms with van der Waals surface area (Å²) in [5, 5.41) is 4.95. The molecule has 1 aliphatic rings. The molecule has 23 heavy (non-hydrogen) atoms. The molecule has 4 heteroatoms. The predicted octanol–water partition coefficient (Wildman–Crippen LogP) is 4.52. The summed E-state index contributed by atoms with van der Waals surface area (Å²) in [7, 11) is 0. The van der Waals surface area contributed by atoms with Gasteiger partial charge in [-0.05, 0) is 53.7 Å². The van der Waals surface area contributed by atoms with Crippen LogP contribution >= 0.6 is 11.3 Å². The van der Waals surface area contributed by atoms with Gasteiger partial charge in [0.1, 0.15) is 0 Å². The minimum atomic E-state index is -0.0841. The van der Waals surface area contributed by atoms with Crippen LogP contribution < -0.4 is 5.32 Å². The molecular weight excluding hydrogens is 304 g/mol. The van der Waals surface area contributed by atoms with E-state index in [1.54, 1.807) is 17.4 Å². The van der Waals surface area contributed by atoms with E-state index >= 15 is 0 Å². The van der Waals surface area contributed by atoms with E-state index in [0.717, 1.165) is 30.2 Å². The fraction of sp³-hybridized carbons (Fsp3) is 0.316. The van der Waals surface area contributed by atoms with Gasteiger partial charge in [-0.25, -0.2) is 0 Å². The first-order chi connectivity index (χ1) is 11.2. The molecule has 0 bridgehead atoms. The van der Waals surface area contributed by atoms with E-state index in [4.69, 9.17) is 0 Å². The van der Waals surface area contributed by atoms with E-state index in [1.165, 1.54) is 24.0 Å². The molecule has 1 aliphatic heterocycles. The minimum Gasteiger partial charge on any atom is -0.323 e. The lowest BCUT2D eigenvalue weighted by molar-refractivity contribution is -0.111. The summed E-state index contributed by atoms with van der Waals surface area (Å²) in [6, 6.07) is 10.2. The number of unbranched alkanes of at least 4 members (excludes halogenated alkanes) is 1. The minimum absolute atomic E-state index is 0.0841. The van der Waals surface area contributed by atoms with Crippen LogP contribution in [-0.2, 0) is 17.9 Å². The highest BCUT2D eigenvalue weighted by Gasteiger charge is 2.18. The van der Waals surface area contributed by atoms with E-state index < -0.39 is 0 Å². The summed E-state index contributed by atoms with van der Waals surface area (Å²) in [6.45, 7) is 5.39. The molecule has 1 amide bonds. The van der Waals surface area contributed by atoms with E-state index in [0.29, 0.717) is 0 Å². The van der Waals surface area contributed by atoms with Crippen LogP contribution in [0.15, 0.2) is 41.8 Å². The topological polar surface area (TPSA) is 32.3 Å². The van der Waals surface area contributed by atoms with Gasteiger partial charge in [-0.1, -0.05) is 25.5 Å². The molecule has 1 N–H and O–H groups in total. The van der Waals surface area contributed by atoms with Crippen LogP contribution in [0.2, 0.25) is 0 Å². The maximum atomic E-state index is 12.0. The van der Waals surface area contributed by atoms with Gasteiger partial charge in [-0.2, -0.15) is 0 Å². The van der Waals surface area contributed by atoms with Gasteiger partial charge in [0.2, 0.25) is 5.91 Å². The van der Waals surface area contributed by atoms with E-state index in [9.17, 15) is 4.79 Å². The summed E-state index contributed by atoms with van der Waals surface area (Å²) in [5.74, 6) is -0.0841. The molecule has 0 saturated carbocycles. The molecule has 0 radical (unpaired) electrons. The van der Waals surface area contributed by atoms with Crippen molar-refractivity contribution in [1.29, 1.82) is 0 Å². The van der Waals surface area contributed by atoms with Crippen molar-refractivity contribution in [2.75, 3.05) is 11.9 Å². The number of hydrogen-bond donors (Lipinski definition) is 1. The van der Waals surface area contributed by atoms with E-state index in [-0.39, 0.29) is 5.91 Å². The molecule has 3 nitrogen and oxygen atoms in total. The van der Waals surface area contributed by atoms with Gasteiger partial charge in [0.05, 0.1) is 0 Å². The van der Waals surface area contributed by atoms with Crippen molar-refractivity contribution in [2.45, 2.75) is 32.9 Å². The average Bonchev–Trinajstić information content (AvgIpc) is 3.19. The lowest BCUT2D eigenvalue weighted by atomic mass is 10.1. The third kappa shape index (κ3) is 4.30. The second-order valence-corrected chi connectivity index (χ2v) is 6.86. The maximum absolute atomic E-state index is 12.0. The smallest absolute Gasteiger partial charge is 0.248 e. The van der Waals surface area contributed by atoms with Gasteiger partial charge in [-0.15, -0.1) is 11.3 Å². The normalized spacial score (nSPS) is 14.3. The van der Waals surface area contributed by atoms with E-state index in [2.05, 4.69) is 29.3 Å². The molecular formula is C19H22N2OS. The molecule has 0 fully saturated rings. The Morgan fingerprint density at radius 3 is 2.96 bits per heavy atom. The average molecular weight is 326 g/mol. The van der Waals surface area contributed by atoms with Crippen LogP contribution in [0.4, 0.5) is 5.69 Å². The van der Waals surface area contributed by atoms with Crippen LogP contribution in [0.25, 0.3) is 6.08 Å². The lowest BCUT2D eigenvalue weighted by Gasteiger charge is -2.13. The van der Waals surface area contributed by atoms with Gasteiger partial charge in [0, 0.05) is 29.7 Å². The zero-order valence-electron chi connectivity index (χ0n) is 13.4. The Labute approximate surface area is 141 Å². The second kappa shape index (κ2) is 7.57. The summed E-state index contributed by atoms with van der Waals surface area (Å²) < 4.78 is 0. The number of nitrogens with one attached hydrogen (secondary N) is 1. The number of hydrogen-bond acceptors (Lipinski definition) is 3. The van der Waals surface area contributed by atoms with Gasteiger partial charge < -0.3 is 5.32 Å². The third-order valence-corrected chi connectivity index (χ3v) is 4.87. The Balaban J connectivity index is 1.59. The van der Waals surface area contributed by atoms with Crippen LogP contribution in [0, 0.1) is 0 Å². The monoisotopic (exact) mass is 326 g/mol. The Kier molecular flexibility index (Phi) is 5.26. The van der Waals surface area contributed by atoms with Crippen molar-refractivity contribution in [3.05, 3.63) is 57.8 Å². The fourth-order valence-electron chi connectivity index (χ4n) is 2.81. The summed E-state index contributed by atoms with van der Waals surface area (Å²) in [5.41, 5.74) is 3.59. The molecule has 1 aromatic carbocycles. The SMILES string of the molecule is CCCCN1Cc2ccc(NC(=O)C=Cc3cccs3)cc2C1. The summed E-state index contributed by atoms with van der Waals surface area (Å²) >= 11 is 1.62. The highest BCUT2D eigenvalue weighted by molar-refractivity contribution is 7.10. The van der Waals surface area contributed by atoms with Gasteiger partial charge in [0.25, 0.3) is 0 Å².